The van der Waals surface area contributed by atoms with Crippen LogP contribution < -0.4 is 0 Å². The number of nitrogens with zero attached hydrogens (tertiary/aromatic N) is 2. The number of rotatable bonds is 3. The smallest absolute Gasteiger partial charge is 0.159 e. The molecule has 1 aromatic carbocycles. The molecule has 17 heavy (non-hydrogen) atoms. The first-order chi connectivity index (χ1) is 8.31. The fourth-order valence-electron chi connectivity index (χ4n) is 1.42. The highest BCUT2D eigenvalue weighted by molar-refractivity contribution is 5.63. The summed E-state index contributed by atoms with van der Waals surface area (Å²) in [6.07, 6.45) is 4.43. The number of aliphatic hydroxyl groups is 1. The van der Waals surface area contributed by atoms with Crippen LogP contribution in [-0.2, 0) is 0 Å². The monoisotopic (exact) mass is 230 g/mol. The van der Waals surface area contributed by atoms with Crippen molar-refractivity contribution in [2.24, 2.45) is 0 Å². The van der Waals surface area contributed by atoms with Crippen molar-refractivity contribution in [1.82, 2.24) is 9.97 Å². The second-order valence-corrected chi connectivity index (χ2v) is 3.38. The minimum atomic E-state index is -0.437. The quantitative estimate of drug-likeness (QED) is 0.880. The maximum atomic E-state index is 13.3. The van der Waals surface area contributed by atoms with Gasteiger partial charge in [0.2, 0.25) is 0 Å². The predicted molar refractivity (Wildman–Crippen MR) is 63.6 cm³/mol. The van der Waals surface area contributed by atoms with Gasteiger partial charge in [0.15, 0.2) is 5.82 Å². The van der Waals surface area contributed by atoms with Crippen molar-refractivity contribution in [3.8, 4) is 11.4 Å². The molecular weight excluding hydrogens is 219 g/mol. The minimum Gasteiger partial charge on any atom is -0.392 e. The van der Waals surface area contributed by atoms with Gasteiger partial charge in [0.1, 0.15) is 5.83 Å². The predicted octanol–water partition coefficient (Wildman–Crippen LogP) is 2.45. The summed E-state index contributed by atoms with van der Waals surface area (Å²) >= 11 is 0. The molecule has 86 valence electrons. The minimum absolute atomic E-state index is 0.310. The highest BCUT2D eigenvalue weighted by Gasteiger charge is 2.02. The molecule has 0 bridgehead atoms. The summed E-state index contributed by atoms with van der Waals surface area (Å²) in [4.78, 5) is 8.20. The number of hydrogen-bond acceptors (Lipinski definition) is 3. The Kier molecular flexibility index (Phi) is 3.57. The van der Waals surface area contributed by atoms with Gasteiger partial charge in [0.05, 0.1) is 6.61 Å². The lowest BCUT2D eigenvalue weighted by molar-refractivity contribution is 0.342. The second-order valence-electron chi connectivity index (χ2n) is 3.38. The molecule has 2 rings (SSSR count). The van der Waals surface area contributed by atoms with E-state index in [4.69, 9.17) is 5.11 Å². The van der Waals surface area contributed by atoms with E-state index < -0.39 is 5.83 Å². The molecule has 0 amide bonds. The van der Waals surface area contributed by atoms with Crippen molar-refractivity contribution >= 4 is 5.83 Å². The molecule has 0 aliphatic carbocycles. The third kappa shape index (κ3) is 2.73. The van der Waals surface area contributed by atoms with Gasteiger partial charge in [-0.2, -0.15) is 0 Å². The van der Waals surface area contributed by atoms with E-state index >= 15 is 0 Å². The zero-order valence-electron chi connectivity index (χ0n) is 9.05. The highest BCUT2D eigenvalue weighted by Crippen LogP contribution is 2.20. The first-order valence-electron chi connectivity index (χ1n) is 5.15. The average molecular weight is 230 g/mol. The van der Waals surface area contributed by atoms with E-state index in [2.05, 4.69) is 9.97 Å². The molecule has 3 nitrogen and oxygen atoms in total. The molecule has 0 spiro atoms. The van der Waals surface area contributed by atoms with Gasteiger partial charge in [0, 0.05) is 23.5 Å². The molecule has 0 saturated carbocycles. The molecule has 0 atom stereocenters. The Morgan fingerprint density at radius 1 is 1.18 bits per heavy atom. The zero-order valence-corrected chi connectivity index (χ0v) is 9.05. The van der Waals surface area contributed by atoms with E-state index in [0.29, 0.717) is 11.4 Å². The van der Waals surface area contributed by atoms with Crippen molar-refractivity contribution < 1.29 is 9.50 Å². The van der Waals surface area contributed by atoms with Crippen LogP contribution in [0.25, 0.3) is 17.2 Å². The van der Waals surface area contributed by atoms with E-state index in [1.54, 1.807) is 42.7 Å². The summed E-state index contributed by atoms with van der Waals surface area (Å²) < 4.78 is 13.3. The number of hydrogen-bond donors (Lipinski definition) is 1. The summed E-state index contributed by atoms with van der Waals surface area (Å²) in [6, 6.07) is 8.49. The maximum absolute atomic E-state index is 13.3. The SMILES string of the molecule is OCC=C(F)c1ccc(-c2ncccn2)cc1. The van der Waals surface area contributed by atoms with Crippen LogP contribution in [0.2, 0.25) is 0 Å². The van der Waals surface area contributed by atoms with Crippen LogP contribution in [0.4, 0.5) is 4.39 Å². The number of aromatic nitrogens is 2. The van der Waals surface area contributed by atoms with Gasteiger partial charge >= 0.3 is 0 Å². The largest absolute Gasteiger partial charge is 0.392 e. The van der Waals surface area contributed by atoms with Crippen LogP contribution in [0.5, 0.6) is 0 Å². The highest BCUT2D eigenvalue weighted by atomic mass is 19.1. The lowest BCUT2D eigenvalue weighted by Crippen LogP contribution is -1.87. The topological polar surface area (TPSA) is 46.0 Å². The molecule has 0 radical (unpaired) electrons. The molecule has 1 N–H and O–H groups in total. The first-order valence-corrected chi connectivity index (χ1v) is 5.15. The second kappa shape index (κ2) is 5.32. The van der Waals surface area contributed by atoms with Gasteiger partial charge in [-0.3, -0.25) is 0 Å². The normalized spacial score (nSPS) is 11.5. The van der Waals surface area contributed by atoms with Crippen molar-refractivity contribution in [1.29, 1.82) is 0 Å². The van der Waals surface area contributed by atoms with Crippen LogP contribution in [0.15, 0.2) is 48.8 Å². The number of halogens is 1. The summed E-state index contributed by atoms with van der Waals surface area (Å²) in [5.41, 5.74) is 1.25. The molecule has 0 aliphatic heterocycles. The van der Waals surface area contributed by atoms with Crippen LogP contribution >= 0.6 is 0 Å². The Morgan fingerprint density at radius 2 is 1.82 bits per heavy atom. The standard InChI is InChI=1S/C13H11FN2O/c14-12(6-9-17)10-2-4-11(5-3-10)13-15-7-1-8-16-13/h1-8,17H,9H2. The molecule has 0 saturated heterocycles. The molecule has 1 aromatic heterocycles. The average Bonchev–Trinajstić information content (AvgIpc) is 2.40. The van der Waals surface area contributed by atoms with E-state index in [0.717, 1.165) is 11.6 Å². The van der Waals surface area contributed by atoms with Gasteiger partial charge < -0.3 is 5.11 Å². The summed E-state index contributed by atoms with van der Waals surface area (Å²) in [7, 11) is 0. The Bertz CT molecular complexity index is 509. The summed E-state index contributed by atoms with van der Waals surface area (Å²) in [6.45, 7) is -0.310. The van der Waals surface area contributed by atoms with Gasteiger partial charge in [-0.15, -0.1) is 0 Å². The van der Waals surface area contributed by atoms with Crippen LogP contribution in [0.3, 0.4) is 0 Å². The fourth-order valence-corrected chi connectivity index (χ4v) is 1.42. The summed E-state index contributed by atoms with van der Waals surface area (Å²) in [5, 5.41) is 8.59. The van der Waals surface area contributed by atoms with Gasteiger partial charge in [-0.05, 0) is 12.1 Å². The van der Waals surface area contributed by atoms with Crippen LogP contribution in [0.1, 0.15) is 5.56 Å². The molecular formula is C13H11FN2O. The Morgan fingerprint density at radius 3 is 2.41 bits per heavy atom. The van der Waals surface area contributed by atoms with E-state index in [-0.39, 0.29) is 6.61 Å². The molecule has 1 heterocycles. The molecule has 0 aliphatic rings. The van der Waals surface area contributed by atoms with Crippen molar-refractivity contribution in [2.75, 3.05) is 6.61 Å². The lowest BCUT2D eigenvalue weighted by Gasteiger charge is -2.01. The molecule has 2 aromatic rings. The molecule has 0 fully saturated rings. The van der Waals surface area contributed by atoms with Crippen LogP contribution in [-0.4, -0.2) is 21.7 Å². The third-order valence-corrected chi connectivity index (χ3v) is 2.26. The van der Waals surface area contributed by atoms with E-state index in [9.17, 15) is 4.39 Å². The Labute approximate surface area is 98.3 Å². The van der Waals surface area contributed by atoms with Crippen molar-refractivity contribution in [3.63, 3.8) is 0 Å². The number of benzene rings is 1. The zero-order chi connectivity index (χ0) is 12.1. The van der Waals surface area contributed by atoms with Crippen molar-refractivity contribution in [2.45, 2.75) is 0 Å². The van der Waals surface area contributed by atoms with Gasteiger partial charge in [0.25, 0.3) is 0 Å². The molecule has 0 unspecified atom stereocenters. The Balaban J connectivity index is 2.28. The fraction of sp³-hybridized carbons (Fsp3) is 0.0769. The van der Waals surface area contributed by atoms with E-state index in [1.165, 1.54) is 0 Å². The Hall–Kier alpha value is -2.07. The molecule has 4 heteroatoms. The van der Waals surface area contributed by atoms with Gasteiger partial charge in [-0.25, -0.2) is 14.4 Å². The summed E-state index contributed by atoms with van der Waals surface area (Å²) in [5.74, 6) is 0.165. The van der Waals surface area contributed by atoms with Gasteiger partial charge in [-0.1, -0.05) is 24.3 Å². The van der Waals surface area contributed by atoms with Crippen LogP contribution in [0, 0.1) is 0 Å². The first kappa shape index (κ1) is 11.4. The third-order valence-electron chi connectivity index (χ3n) is 2.26. The maximum Gasteiger partial charge on any atom is 0.159 e. The number of aliphatic hydroxyl groups excluding tert-OH is 1. The van der Waals surface area contributed by atoms with E-state index in [1.807, 2.05) is 0 Å². The van der Waals surface area contributed by atoms with Crippen molar-refractivity contribution in [3.05, 3.63) is 54.4 Å². The lowest BCUT2D eigenvalue weighted by atomic mass is 10.1.